The van der Waals surface area contributed by atoms with E-state index in [9.17, 15) is 9.59 Å². The van der Waals surface area contributed by atoms with E-state index in [2.05, 4.69) is 29.6 Å². The summed E-state index contributed by atoms with van der Waals surface area (Å²) in [7, 11) is 0. The van der Waals surface area contributed by atoms with Gasteiger partial charge in [0.1, 0.15) is 0 Å². The Hall–Kier alpha value is -1.89. The Bertz CT molecular complexity index is 483. The van der Waals surface area contributed by atoms with Gasteiger partial charge in [0.15, 0.2) is 0 Å². The second-order valence-electron chi connectivity index (χ2n) is 5.19. The van der Waals surface area contributed by atoms with Gasteiger partial charge < -0.3 is 10.6 Å². The van der Waals surface area contributed by atoms with Crippen LogP contribution in [0.2, 0.25) is 0 Å². The molecule has 0 spiro atoms. The molecule has 1 saturated heterocycles. The van der Waals surface area contributed by atoms with Crippen LogP contribution in [0, 0.1) is 6.92 Å². The molecular formula is C13H21N5O2. The predicted octanol–water partition coefficient (Wildman–Crippen LogP) is 0.282. The molecule has 7 nitrogen and oxygen atoms in total. The third-order valence-electron chi connectivity index (χ3n) is 3.61. The van der Waals surface area contributed by atoms with Crippen molar-refractivity contribution in [3.05, 3.63) is 18.0 Å². The van der Waals surface area contributed by atoms with Crippen LogP contribution in [-0.2, 0) is 4.79 Å². The molecular weight excluding hydrogens is 258 g/mol. The fraction of sp³-hybridized carbons (Fsp3) is 0.615. The number of nitrogens with zero attached hydrogens (tertiary/aromatic N) is 3. The number of imide groups is 1. The van der Waals surface area contributed by atoms with Gasteiger partial charge in [0.2, 0.25) is 5.91 Å². The number of carbonyl (C=O) groups is 2. The van der Waals surface area contributed by atoms with Crippen LogP contribution >= 0.6 is 0 Å². The average Bonchev–Trinajstić information content (AvgIpc) is 2.97. The number of hydrogen-bond donors (Lipinski definition) is 2. The van der Waals surface area contributed by atoms with Crippen molar-refractivity contribution in [1.29, 1.82) is 0 Å². The van der Waals surface area contributed by atoms with Crippen molar-refractivity contribution < 1.29 is 9.59 Å². The molecule has 1 aliphatic rings. The average molecular weight is 279 g/mol. The van der Waals surface area contributed by atoms with Gasteiger partial charge in [-0.05, 0) is 26.3 Å². The summed E-state index contributed by atoms with van der Waals surface area (Å²) in [5, 5.41) is 10.1. The molecule has 1 aromatic heterocycles. The van der Waals surface area contributed by atoms with Gasteiger partial charge in [0.05, 0.1) is 18.8 Å². The summed E-state index contributed by atoms with van der Waals surface area (Å²) in [6.07, 6.45) is 3.83. The normalized spacial score (nSPS) is 18.2. The van der Waals surface area contributed by atoms with Crippen LogP contribution in [0.5, 0.6) is 0 Å². The van der Waals surface area contributed by atoms with Crippen LogP contribution < -0.4 is 10.6 Å². The molecule has 0 radical (unpaired) electrons. The maximum atomic E-state index is 11.4. The lowest BCUT2D eigenvalue weighted by atomic mass is 10.2. The Kier molecular flexibility index (Phi) is 4.39. The lowest BCUT2D eigenvalue weighted by Crippen LogP contribution is -2.41. The number of carbonyl (C=O) groups excluding carboxylic acids is 2. The summed E-state index contributed by atoms with van der Waals surface area (Å²) in [5.41, 5.74) is 1.13. The van der Waals surface area contributed by atoms with Crippen molar-refractivity contribution in [2.45, 2.75) is 32.9 Å². The highest BCUT2D eigenvalue weighted by atomic mass is 16.2. The first-order chi connectivity index (χ1) is 9.49. The van der Waals surface area contributed by atoms with Gasteiger partial charge in [-0.2, -0.15) is 5.10 Å². The first kappa shape index (κ1) is 14.5. The molecule has 0 saturated carbocycles. The fourth-order valence-corrected chi connectivity index (χ4v) is 2.14. The maximum Gasteiger partial charge on any atom is 0.324 e. The molecule has 0 bridgehead atoms. The Morgan fingerprint density at radius 3 is 2.75 bits per heavy atom. The van der Waals surface area contributed by atoms with E-state index in [0.717, 1.165) is 5.56 Å². The van der Waals surface area contributed by atoms with E-state index >= 15 is 0 Å². The van der Waals surface area contributed by atoms with Crippen LogP contribution in [-0.4, -0.2) is 52.3 Å². The summed E-state index contributed by atoms with van der Waals surface area (Å²) in [5.74, 6) is -0.166. The summed E-state index contributed by atoms with van der Waals surface area (Å²) in [6.45, 7) is 7.22. The van der Waals surface area contributed by atoms with E-state index in [1.165, 1.54) is 4.90 Å². The topological polar surface area (TPSA) is 79.3 Å². The zero-order valence-electron chi connectivity index (χ0n) is 12.1. The third-order valence-corrected chi connectivity index (χ3v) is 3.61. The first-order valence-corrected chi connectivity index (χ1v) is 6.81. The Balaban J connectivity index is 1.79. The smallest absolute Gasteiger partial charge is 0.324 e. The number of rotatable bonds is 6. The van der Waals surface area contributed by atoms with E-state index in [-0.39, 0.29) is 30.6 Å². The second kappa shape index (κ2) is 6.04. The molecule has 0 aromatic carbocycles. The number of amides is 3. The molecule has 3 amide bonds. The van der Waals surface area contributed by atoms with Gasteiger partial charge in [-0.15, -0.1) is 0 Å². The summed E-state index contributed by atoms with van der Waals surface area (Å²) in [4.78, 5) is 24.0. The number of urea groups is 1. The molecule has 1 aromatic rings. The van der Waals surface area contributed by atoms with Gasteiger partial charge in [-0.1, -0.05) is 0 Å². The lowest BCUT2D eigenvalue weighted by Gasteiger charge is -2.23. The molecule has 2 heterocycles. The minimum absolute atomic E-state index is 0.108. The van der Waals surface area contributed by atoms with Crippen molar-refractivity contribution in [3.63, 3.8) is 0 Å². The van der Waals surface area contributed by atoms with Crippen molar-refractivity contribution in [3.8, 4) is 0 Å². The van der Waals surface area contributed by atoms with Gasteiger partial charge in [-0.25, -0.2) is 4.79 Å². The predicted molar refractivity (Wildman–Crippen MR) is 74.3 cm³/mol. The van der Waals surface area contributed by atoms with Crippen LogP contribution in [0.25, 0.3) is 0 Å². The summed E-state index contributed by atoms with van der Waals surface area (Å²) >= 11 is 0. The highest BCUT2D eigenvalue weighted by molar-refractivity contribution is 6.01. The quantitative estimate of drug-likeness (QED) is 0.733. The minimum Gasteiger partial charge on any atom is -0.329 e. The summed E-state index contributed by atoms with van der Waals surface area (Å²) < 4.78 is 1.92. The number of aromatic nitrogens is 2. The van der Waals surface area contributed by atoms with Gasteiger partial charge in [0, 0.05) is 25.3 Å². The molecule has 2 N–H and O–H groups in total. The Morgan fingerprint density at radius 1 is 1.45 bits per heavy atom. The number of nitrogens with one attached hydrogen (secondary N) is 2. The molecule has 1 fully saturated rings. The molecule has 0 aliphatic carbocycles. The van der Waals surface area contributed by atoms with Crippen molar-refractivity contribution in [1.82, 2.24) is 25.3 Å². The standard InChI is InChI=1S/C13H21N5O2/c1-9-6-16-18(8-9)11(3)10(2)14-4-5-17-12(19)7-15-13(17)20/h6,8,10-11,14H,4-5,7H2,1-3H3,(H,15,20)/t10-,11+/m1/s1. The lowest BCUT2D eigenvalue weighted by molar-refractivity contribution is -0.124. The van der Waals surface area contributed by atoms with E-state index in [0.29, 0.717) is 13.1 Å². The zero-order chi connectivity index (χ0) is 14.7. The molecule has 1 aliphatic heterocycles. The fourth-order valence-electron chi connectivity index (χ4n) is 2.14. The minimum atomic E-state index is -0.305. The highest BCUT2D eigenvalue weighted by Crippen LogP contribution is 2.10. The molecule has 0 unspecified atom stereocenters. The van der Waals surface area contributed by atoms with Crippen LogP contribution in [0.15, 0.2) is 12.4 Å². The van der Waals surface area contributed by atoms with Crippen molar-refractivity contribution in [2.75, 3.05) is 19.6 Å². The number of hydrogen-bond acceptors (Lipinski definition) is 4. The monoisotopic (exact) mass is 279 g/mol. The van der Waals surface area contributed by atoms with E-state index in [1.807, 2.05) is 24.0 Å². The largest absolute Gasteiger partial charge is 0.329 e. The summed E-state index contributed by atoms with van der Waals surface area (Å²) in [6, 6.07) is 0.0853. The van der Waals surface area contributed by atoms with E-state index in [4.69, 9.17) is 0 Å². The molecule has 2 atom stereocenters. The van der Waals surface area contributed by atoms with Gasteiger partial charge in [-0.3, -0.25) is 14.4 Å². The number of aryl methyl sites for hydroxylation is 1. The van der Waals surface area contributed by atoms with E-state index in [1.54, 1.807) is 0 Å². The molecule has 7 heteroatoms. The van der Waals surface area contributed by atoms with Crippen LogP contribution in [0.4, 0.5) is 4.79 Å². The third kappa shape index (κ3) is 3.16. The van der Waals surface area contributed by atoms with Gasteiger partial charge in [0.25, 0.3) is 0 Å². The van der Waals surface area contributed by atoms with Gasteiger partial charge >= 0.3 is 6.03 Å². The Labute approximate surface area is 118 Å². The zero-order valence-corrected chi connectivity index (χ0v) is 12.1. The van der Waals surface area contributed by atoms with Crippen LogP contribution in [0.1, 0.15) is 25.5 Å². The Morgan fingerprint density at radius 2 is 2.20 bits per heavy atom. The molecule has 110 valence electrons. The molecule has 20 heavy (non-hydrogen) atoms. The van der Waals surface area contributed by atoms with Crippen molar-refractivity contribution in [2.24, 2.45) is 0 Å². The first-order valence-electron chi connectivity index (χ1n) is 6.81. The highest BCUT2D eigenvalue weighted by Gasteiger charge is 2.27. The maximum absolute atomic E-state index is 11.4. The SMILES string of the molecule is Cc1cnn([C@@H](C)[C@@H](C)NCCN2C(=O)CNC2=O)c1. The van der Waals surface area contributed by atoms with E-state index < -0.39 is 0 Å². The second-order valence-corrected chi connectivity index (χ2v) is 5.19. The van der Waals surface area contributed by atoms with Crippen LogP contribution in [0.3, 0.4) is 0 Å². The van der Waals surface area contributed by atoms with Crippen molar-refractivity contribution >= 4 is 11.9 Å². The molecule has 2 rings (SSSR count).